The molecule has 3 heterocycles. The van der Waals surface area contributed by atoms with Gasteiger partial charge in [-0.2, -0.15) is 5.26 Å². The number of fused-ring (bicyclic) bond motifs is 1. The fourth-order valence-corrected chi connectivity index (χ4v) is 3.97. The van der Waals surface area contributed by atoms with Crippen molar-refractivity contribution in [2.24, 2.45) is 5.92 Å². The quantitative estimate of drug-likeness (QED) is 0.879. The molecular weight excluding hydrogens is 294 g/mol. The van der Waals surface area contributed by atoms with E-state index in [-0.39, 0.29) is 0 Å². The van der Waals surface area contributed by atoms with Crippen molar-refractivity contribution in [3.63, 3.8) is 0 Å². The van der Waals surface area contributed by atoms with E-state index in [2.05, 4.69) is 38.6 Å². The predicted molar refractivity (Wildman–Crippen MR) is 90.2 cm³/mol. The van der Waals surface area contributed by atoms with Gasteiger partial charge in [-0.3, -0.25) is 4.90 Å². The fraction of sp³-hybridized carbons (Fsp3) is 0.562. The minimum absolute atomic E-state index is 0.556. The molecule has 0 atom stereocenters. The van der Waals surface area contributed by atoms with Gasteiger partial charge in [0.1, 0.15) is 16.5 Å². The molecule has 2 aromatic rings. The third-order valence-corrected chi connectivity index (χ3v) is 5.28. The summed E-state index contributed by atoms with van der Waals surface area (Å²) in [5.41, 5.74) is 1.24. The number of hydrogen-bond donors (Lipinski definition) is 1. The Kier molecular flexibility index (Phi) is 4.55. The zero-order valence-electron chi connectivity index (χ0n) is 13.1. The van der Waals surface area contributed by atoms with E-state index in [4.69, 9.17) is 5.26 Å². The molecular formula is C16H21N5S. The summed E-state index contributed by atoms with van der Waals surface area (Å²) < 4.78 is 0. The smallest absolute Gasteiger partial charge is 0.138 e. The lowest BCUT2D eigenvalue weighted by molar-refractivity contribution is 0.208. The van der Waals surface area contributed by atoms with Gasteiger partial charge >= 0.3 is 0 Å². The van der Waals surface area contributed by atoms with Gasteiger partial charge in [-0.15, -0.1) is 11.3 Å². The molecule has 0 aliphatic carbocycles. The third-order valence-electron chi connectivity index (χ3n) is 4.29. The SMILES string of the molecule is Cc1nc(NCC2CCN(CC#N)CC2)c2c(C)csc2n1. The van der Waals surface area contributed by atoms with Crippen LogP contribution in [0.5, 0.6) is 0 Å². The maximum Gasteiger partial charge on any atom is 0.138 e. The lowest BCUT2D eigenvalue weighted by Crippen LogP contribution is -2.36. The van der Waals surface area contributed by atoms with Crippen molar-refractivity contribution in [2.75, 3.05) is 31.5 Å². The minimum atomic E-state index is 0.556. The van der Waals surface area contributed by atoms with Crippen molar-refractivity contribution in [1.29, 1.82) is 5.26 Å². The van der Waals surface area contributed by atoms with E-state index in [9.17, 15) is 0 Å². The highest BCUT2D eigenvalue weighted by Gasteiger charge is 2.19. The summed E-state index contributed by atoms with van der Waals surface area (Å²) >= 11 is 1.68. The molecule has 1 saturated heterocycles. The lowest BCUT2D eigenvalue weighted by Gasteiger charge is -2.30. The Labute approximate surface area is 135 Å². The fourth-order valence-electron chi connectivity index (χ4n) is 3.01. The molecule has 0 bridgehead atoms. The average Bonchev–Trinajstić information content (AvgIpc) is 2.88. The molecule has 1 N–H and O–H groups in total. The molecule has 1 fully saturated rings. The monoisotopic (exact) mass is 315 g/mol. The molecule has 0 saturated carbocycles. The van der Waals surface area contributed by atoms with Gasteiger partial charge in [-0.25, -0.2) is 9.97 Å². The van der Waals surface area contributed by atoms with E-state index in [0.717, 1.165) is 54.3 Å². The molecule has 0 unspecified atom stereocenters. The van der Waals surface area contributed by atoms with Crippen LogP contribution in [-0.2, 0) is 0 Å². The van der Waals surface area contributed by atoms with Crippen LogP contribution in [0.3, 0.4) is 0 Å². The van der Waals surface area contributed by atoms with Crippen LogP contribution < -0.4 is 5.32 Å². The summed E-state index contributed by atoms with van der Waals surface area (Å²) in [7, 11) is 0. The molecule has 0 amide bonds. The van der Waals surface area contributed by atoms with Crippen molar-refractivity contribution >= 4 is 27.4 Å². The van der Waals surface area contributed by atoms with Crippen LogP contribution in [0.1, 0.15) is 24.2 Å². The molecule has 22 heavy (non-hydrogen) atoms. The Hall–Kier alpha value is -1.71. The van der Waals surface area contributed by atoms with Crippen LogP contribution >= 0.6 is 11.3 Å². The molecule has 1 aliphatic rings. The number of likely N-dealkylation sites (tertiary alicyclic amines) is 1. The van der Waals surface area contributed by atoms with Gasteiger partial charge < -0.3 is 5.32 Å². The predicted octanol–water partition coefficient (Wildman–Crippen LogP) is 2.96. The molecule has 2 aromatic heterocycles. The molecule has 6 heteroatoms. The van der Waals surface area contributed by atoms with Crippen molar-refractivity contribution in [3.05, 3.63) is 16.8 Å². The van der Waals surface area contributed by atoms with Crippen LogP contribution in [0, 0.1) is 31.1 Å². The van der Waals surface area contributed by atoms with E-state index < -0.39 is 0 Å². The highest BCUT2D eigenvalue weighted by molar-refractivity contribution is 7.17. The Morgan fingerprint density at radius 3 is 2.86 bits per heavy atom. The summed E-state index contributed by atoms with van der Waals surface area (Å²) in [4.78, 5) is 12.4. The molecule has 5 nitrogen and oxygen atoms in total. The number of nitrogens with one attached hydrogen (secondary N) is 1. The van der Waals surface area contributed by atoms with Gasteiger partial charge in [0.15, 0.2) is 0 Å². The molecule has 0 radical (unpaired) electrons. The first-order chi connectivity index (χ1) is 10.7. The van der Waals surface area contributed by atoms with Gasteiger partial charge in [-0.05, 0) is 56.6 Å². The summed E-state index contributed by atoms with van der Waals surface area (Å²) in [5, 5.41) is 15.6. The maximum atomic E-state index is 8.75. The number of nitrogens with zero attached hydrogens (tertiary/aromatic N) is 4. The lowest BCUT2D eigenvalue weighted by atomic mass is 9.97. The largest absolute Gasteiger partial charge is 0.369 e. The Morgan fingerprint density at radius 2 is 2.14 bits per heavy atom. The first kappa shape index (κ1) is 15.2. The van der Waals surface area contributed by atoms with Crippen LogP contribution in [-0.4, -0.2) is 41.0 Å². The molecule has 0 aromatic carbocycles. The number of rotatable bonds is 4. The Balaban J connectivity index is 1.65. The number of aryl methyl sites for hydroxylation is 2. The summed E-state index contributed by atoms with van der Waals surface area (Å²) in [5.74, 6) is 2.45. The summed E-state index contributed by atoms with van der Waals surface area (Å²) in [6.07, 6.45) is 2.29. The van der Waals surface area contributed by atoms with Gasteiger partial charge in [0.05, 0.1) is 18.0 Å². The second-order valence-electron chi connectivity index (χ2n) is 5.98. The van der Waals surface area contributed by atoms with Crippen LogP contribution in [0.25, 0.3) is 10.2 Å². The zero-order chi connectivity index (χ0) is 15.5. The van der Waals surface area contributed by atoms with E-state index in [0.29, 0.717) is 12.5 Å². The number of aromatic nitrogens is 2. The first-order valence-electron chi connectivity index (χ1n) is 7.73. The van der Waals surface area contributed by atoms with Crippen molar-refractivity contribution in [3.8, 4) is 6.07 Å². The van der Waals surface area contributed by atoms with Gasteiger partial charge in [0.2, 0.25) is 0 Å². The highest BCUT2D eigenvalue weighted by atomic mass is 32.1. The number of piperidine rings is 1. The number of nitriles is 1. The summed E-state index contributed by atoms with van der Waals surface area (Å²) in [6.45, 7) is 7.61. The molecule has 1 aliphatic heterocycles. The van der Waals surface area contributed by atoms with Crippen molar-refractivity contribution in [2.45, 2.75) is 26.7 Å². The zero-order valence-corrected chi connectivity index (χ0v) is 13.9. The third kappa shape index (κ3) is 3.21. The number of hydrogen-bond acceptors (Lipinski definition) is 6. The van der Waals surface area contributed by atoms with Gasteiger partial charge in [0, 0.05) is 6.54 Å². The van der Waals surface area contributed by atoms with Crippen molar-refractivity contribution in [1.82, 2.24) is 14.9 Å². The van der Waals surface area contributed by atoms with Crippen molar-refractivity contribution < 1.29 is 0 Å². The average molecular weight is 315 g/mol. The Bertz CT molecular complexity index is 694. The maximum absolute atomic E-state index is 8.75. The first-order valence-corrected chi connectivity index (χ1v) is 8.61. The van der Waals surface area contributed by atoms with E-state index in [1.807, 2.05) is 6.92 Å². The van der Waals surface area contributed by atoms with Crippen LogP contribution in [0.4, 0.5) is 5.82 Å². The van der Waals surface area contributed by atoms with Crippen LogP contribution in [0.2, 0.25) is 0 Å². The van der Waals surface area contributed by atoms with Crippen LogP contribution in [0.15, 0.2) is 5.38 Å². The van der Waals surface area contributed by atoms with E-state index >= 15 is 0 Å². The second-order valence-corrected chi connectivity index (χ2v) is 6.83. The minimum Gasteiger partial charge on any atom is -0.369 e. The molecule has 116 valence electrons. The van der Waals surface area contributed by atoms with E-state index in [1.165, 1.54) is 5.56 Å². The second kappa shape index (κ2) is 6.59. The topological polar surface area (TPSA) is 64.8 Å². The standard InChI is InChI=1S/C16H21N5S/c1-11-10-22-16-14(11)15(19-12(2)20-16)18-9-13-3-6-21(7-4-13)8-5-17/h10,13H,3-4,6-9H2,1-2H3,(H,18,19,20). The summed E-state index contributed by atoms with van der Waals surface area (Å²) in [6, 6.07) is 2.23. The molecule has 0 spiro atoms. The van der Waals surface area contributed by atoms with Gasteiger partial charge in [0.25, 0.3) is 0 Å². The number of anilines is 1. The number of thiophene rings is 1. The van der Waals surface area contributed by atoms with Gasteiger partial charge in [-0.1, -0.05) is 0 Å². The van der Waals surface area contributed by atoms with E-state index in [1.54, 1.807) is 11.3 Å². The normalized spacial score (nSPS) is 16.8. The Morgan fingerprint density at radius 1 is 1.36 bits per heavy atom. The highest BCUT2D eigenvalue weighted by Crippen LogP contribution is 2.29. The molecule has 3 rings (SSSR count).